The van der Waals surface area contributed by atoms with Crippen molar-refractivity contribution in [2.24, 2.45) is 0 Å². The molecule has 94 valence electrons. The van der Waals surface area contributed by atoms with E-state index in [-0.39, 0.29) is 5.91 Å². The van der Waals surface area contributed by atoms with Crippen LogP contribution in [0.4, 0.5) is 5.69 Å². The number of benzene rings is 1. The number of aromatic amines is 1. The first-order valence-electron chi connectivity index (χ1n) is 5.56. The standard InChI is InChI=1S/C13H15N3O2/c1-9-10(8-14-15-9)13(17)16(2)11-6-4-5-7-12(11)18-3/h4-8H,1-3H3,(H,14,15). The largest absolute Gasteiger partial charge is 0.495 e. The number of H-pyrrole nitrogens is 1. The van der Waals surface area contributed by atoms with E-state index in [1.807, 2.05) is 31.2 Å². The van der Waals surface area contributed by atoms with E-state index in [1.54, 1.807) is 19.1 Å². The van der Waals surface area contributed by atoms with Gasteiger partial charge in [0.25, 0.3) is 5.91 Å². The molecular weight excluding hydrogens is 230 g/mol. The average Bonchev–Trinajstić information content (AvgIpc) is 2.83. The number of amides is 1. The van der Waals surface area contributed by atoms with Crippen molar-refractivity contribution >= 4 is 11.6 Å². The van der Waals surface area contributed by atoms with Gasteiger partial charge in [-0.2, -0.15) is 5.10 Å². The van der Waals surface area contributed by atoms with Gasteiger partial charge in [-0.3, -0.25) is 9.89 Å². The summed E-state index contributed by atoms with van der Waals surface area (Å²) in [7, 11) is 3.30. The van der Waals surface area contributed by atoms with Crippen LogP contribution < -0.4 is 9.64 Å². The number of para-hydroxylation sites is 2. The molecule has 2 aromatic rings. The zero-order chi connectivity index (χ0) is 13.1. The van der Waals surface area contributed by atoms with Crippen LogP contribution in [0.2, 0.25) is 0 Å². The lowest BCUT2D eigenvalue weighted by atomic mass is 10.2. The number of aromatic nitrogens is 2. The fourth-order valence-corrected chi connectivity index (χ4v) is 1.76. The molecule has 0 unspecified atom stereocenters. The van der Waals surface area contributed by atoms with Crippen LogP contribution in [-0.2, 0) is 0 Å². The minimum atomic E-state index is -0.120. The van der Waals surface area contributed by atoms with Gasteiger partial charge in [-0.1, -0.05) is 12.1 Å². The van der Waals surface area contributed by atoms with Crippen LogP contribution in [-0.4, -0.2) is 30.3 Å². The van der Waals surface area contributed by atoms with Crippen molar-refractivity contribution in [1.82, 2.24) is 10.2 Å². The van der Waals surface area contributed by atoms with Gasteiger partial charge < -0.3 is 9.64 Å². The predicted octanol–water partition coefficient (Wildman–Crippen LogP) is 2.00. The van der Waals surface area contributed by atoms with Gasteiger partial charge in [0.05, 0.1) is 24.6 Å². The second-order valence-corrected chi connectivity index (χ2v) is 3.94. The Morgan fingerprint density at radius 2 is 2.11 bits per heavy atom. The smallest absolute Gasteiger partial charge is 0.261 e. The Morgan fingerprint density at radius 1 is 1.39 bits per heavy atom. The number of carbonyl (C=O) groups excluding carboxylic acids is 1. The third-order valence-corrected chi connectivity index (χ3v) is 2.81. The van der Waals surface area contributed by atoms with E-state index in [1.165, 1.54) is 6.20 Å². The summed E-state index contributed by atoms with van der Waals surface area (Å²) in [5, 5.41) is 6.61. The van der Waals surface area contributed by atoms with E-state index in [2.05, 4.69) is 10.2 Å². The number of nitrogens with zero attached hydrogens (tertiary/aromatic N) is 2. The molecule has 0 saturated carbocycles. The summed E-state index contributed by atoms with van der Waals surface area (Å²) in [6.07, 6.45) is 1.53. The lowest BCUT2D eigenvalue weighted by Gasteiger charge is -2.19. The zero-order valence-corrected chi connectivity index (χ0v) is 10.6. The number of methoxy groups -OCH3 is 1. The number of rotatable bonds is 3. The molecule has 0 saturated heterocycles. The summed E-state index contributed by atoms with van der Waals surface area (Å²) in [5.41, 5.74) is 2.04. The molecule has 0 atom stereocenters. The Labute approximate surface area is 105 Å². The molecule has 0 fully saturated rings. The van der Waals surface area contributed by atoms with Crippen molar-refractivity contribution in [3.05, 3.63) is 41.7 Å². The predicted molar refractivity (Wildman–Crippen MR) is 69.1 cm³/mol. The van der Waals surface area contributed by atoms with E-state index in [0.717, 1.165) is 11.4 Å². The Kier molecular flexibility index (Phi) is 3.32. The molecule has 5 heteroatoms. The fourth-order valence-electron chi connectivity index (χ4n) is 1.76. The van der Waals surface area contributed by atoms with Crippen LogP contribution in [0.15, 0.2) is 30.5 Å². The van der Waals surface area contributed by atoms with Crippen LogP contribution in [0.1, 0.15) is 16.1 Å². The first-order valence-corrected chi connectivity index (χ1v) is 5.56. The molecule has 5 nitrogen and oxygen atoms in total. The molecule has 0 aliphatic heterocycles. The Bertz CT molecular complexity index is 563. The molecular formula is C13H15N3O2. The monoisotopic (exact) mass is 245 g/mol. The maximum atomic E-state index is 12.3. The quantitative estimate of drug-likeness (QED) is 0.899. The minimum absolute atomic E-state index is 0.120. The molecule has 1 aromatic heterocycles. The highest BCUT2D eigenvalue weighted by molar-refractivity contribution is 6.07. The van der Waals surface area contributed by atoms with Gasteiger partial charge in [-0.05, 0) is 19.1 Å². The van der Waals surface area contributed by atoms with Crippen LogP contribution in [0, 0.1) is 6.92 Å². The second kappa shape index (κ2) is 4.91. The summed E-state index contributed by atoms with van der Waals surface area (Å²) >= 11 is 0. The number of aryl methyl sites for hydroxylation is 1. The van der Waals surface area contributed by atoms with Crippen molar-refractivity contribution in [2.45, 2.75) is 6.92 Å². The summed E-state index contributed by atoms with van der Waals surface area (Å²) < 4.78 is 5.25. The Balaban J connectivity index is 2.34. The molecule has 0 spiro atoms. The number of ether oxygens (including phenoxy) is 1. The maximum Gasteiger partial charge on any atom is 0.261 e. The first kappa shape index (κ1) is 12.2. The summed E-state index contributed by atoms with van der Waals surface area (Å²) in [5.74, 6) is 0.542. The third-order valence-electron chi connectivity index (χ3n) is 2.81. The normalized spacial score (nSPS) is 10.2. The van der Waals surface area contributed by atoms with Crippen LogP contribution in [0.5, 0.6) is 5.75 Å². The van der Waals surface area contributed by atoms with Gasteiger partial charge in [0.2, 0.25) is 0 Å². The Hall–Kier alpha value is -2.30. The van der Waals surface area contributed by atoms with Crippen molar-refractivity contribution in [2.75, 3.05) is 19.1 Å². The number of hydrogen-bond donors (Lipinski definition) is 1. The van der Waals surface area contributed by atoms with Crippen LogP contribution in [0.25, 0.3) is 0 Å². The highest BCUT2D eigenvalue weighted by atomic mass is 16.5. The number of carbonyl (C=O) groups is 1. The van der Waals surface area contributed by atoms with Crippen molar-refractivity contribution < 1.29 is 9.53 Å². The molecule has 0 aliphatic carbocycles. The van der Waals surface area contributed by atoms with Gasteiger partial charge in [0, 0.05) is 12.7 Å². The molecule has 1 amide bonds. The second-order valence-electron chi connectivity index (χ2n) is 3.94. The lowest BCUT2D eigenvalue weighted by molar-refractivity contribution is 0.0992. The lowest BCUT2D eigenvalue weighted by Crippen LogP contribution is -2.26. The number of hydrogen-bond acceptors (Lipinski definition) is 3. The number of nitrogens with one attached hydrogen (secondary N) is 1. The SMILES string of the molecule is COc1ccccc1N(C)C(=O)c1cn[nH]c1C. The van der Waals surface area contributed by atoms with Gasteiger partial charge in [-0.25, -0.2) is 0 Å². The molecule has 1 heterocycles. The highest BCUT2D eigenvalue weighted by Gasteiger charge is 2.19. The number of anilines is 1. The van der Waals surface area contributed by atoms with Crippen molar-refractivity contribution in [1.29, 1.82) is 0 Å². The summed E-state index contributed by atoms with van der Waals surface area (Å²) in [6.45, 7) is 1.82. The molecule has 2 rings (SSSR count). The van der Waals surface area contributed by atoms with Crippen molar-refractivity contribution in [3.8, 4) is 5.75 Å². The minimum Gasteiger partial charge on any atom is -0.495 e. The van der Waals surface area contributed by atoms with Crippen LogP contribution in [0.3, 0.4) is 0 Å². The topological polar surface area (TPSA) is 58.2 Å². The van der Waals surface area contributed by atoms with E-state index >= 15 is 0 Å². The first-order chi connectivity index (χ1) is 8.65. The van der Waals surface area contributed by atoms with Gasteiger partial charge >= 0.3 is 0 Å². The average molecular weight is 245 g/mol. The van der Waals surface area contributed by atoms with E-state index in [0.29, 0.717) is 11.3 Å². The Morgan fingerprint density at radius 3 is 2.72 bits per heavy atom. The van der Waals surface area contributed by atoms with Crippen LogP contribution >= 0.6 is 0 Å². The zero-order valence-electron chi connectivity index (χ0n) is 10.6. The molecule has 0 aliphatic rings. The van der Waals surface area contributed by atoms with Crippen molar-refractivity contribution in [3.63, 3.8) is 0 Å². The van der Waals surface area contributed by atoms with E-state index in [9.17, 15) is 4.79 Å². The molecule has 0 radical (unpaired) electrons. The van der Waals surface area contributed by atoms with Gasteiger partial charge in [-0.15, -0.1) is 0 Å². The van der Waals surface area contributed by atoms with Gasteiger partial charge in [0.15, 0.2) is 0 Å². The summed E-state index contributed by atoms with van der Waals surface area (Å²) in [4.78, 5) is 13.9. The fraction of sp³-hybridized carbons (Fsp3) is 0.231. The summed E-state index contributed by atoms with van der Waals surface area (Å²) in [6, 6.07) is 7.39. The van der Waals surface area contributed by atoms with E-state index < -0.39 is 0 Å². The van der Waals surface area contributed by atoms with E-state index in [4.69, 9.17) is 4.74 Å². The maximum absolute atomic E-state index is 12.3. The molecule has 0 bridgehead atoms. The molecule has 18 heavy (non-hydrogen) atoms. The van der Waals surface area contributed by atoms with Gasteiger partial charge in [0.1, 0.15) is 5.75 Å². The highest BCUT2D eigenvalue weighted by Crippen LogP contribution is 2.27. The molecule has 1 N–H and O–H groups in total. The molecule has 1 aromatic carbocycles. The third kappa shape index (κ3) is 2.07.